The van der Waals surface area contributed by atoms with Crippen molar-refractivity contribution in [2.75, 3.05) is 0 Å². The number of hydrogen-bond donors (Lipinski definition) is 1. The molecule has 0 atom stereocenters. The molecule has 4 heteroatoms. The fourth-order valence-electron chi connectivity index (χ4n) is 2.19. The lowest BCUT2D eigenvalue weighted by Gasteiger charge is -2.02. The average molecular weight is 265 g/mol. The van der Waals surface area contributed by atoms with Crippen LogP contribution in [0.4, 0.5) is 0 Å². The molecule has 1 rings (SSSR count). The minimum Gasteiger partial charge on any atom is -0.366 e. The van der Waals surface area contributed by atoms with Gasteiger partial charge in [0.25, 0.3) is 5.91 Å². The van der Waals surface area contributed by atoms with E-state index in [1.54, 1.807) is 4.57 Å². The molecule has 0 aliphatic rings. The lowest BCUT2D eigenvalue weighted by Crippen LogP contribution is -2.32. The van der Waals surface area contributed by atoms with E-state index in [4.69, 9.17) is 5.73 Å². The molecule has 0 bridgehead atoms. The summed E-state index contributed by atoms with van der Waals surface area (Å²) in [6, 6.07) is 0. The third-order valence-electron chi connectivity index (χ3n) is 3.26. The van der Waals surface area contributed by atoms with Gasteiger partial charge in [-0.15, -0.1) is 0 Å². The molecule has 4 nitrogen and oxygen atoms in total. The van der Waals surface area contributed by atoms with Crippen LogP contribution in [-0.2, 0) is 17.9 Å². The first kappa shape index (κ1) is 15.7. The van der Waals surface area contributed by atoms with Crippen LogP contribution in [-0.4, -0.2) is 10.5 Å². The number of amides is 1. The van der Waals surface area contributed by atoms with Crippen molar-refractivity contribution in [2.45, 2.75) is 71.4 Å². The van der Waals surface area contributed by atoms with Gasteiger partial charge in [0.15, 0.2) is 0 Å². The molecule has 2 N–H and O–H groups in total. The van der Waals surface area contributed by atoms with Crippen LogP contribution in [0.1, 0.15) is 58.3 Å². The lowest BCUT2D eigenvalue weighted by atomic mass is 10.1. The highest BCUT2D eigenvalue weighted by Gasteiger charge is 1.99. The van der Waals surface area contributed by atoms with E-state index in [0.717, 1.165) is 6.54 Å². The number of rotatable bonds is 11. The van der Waals surface area contributed by atoms with Crippen molar-refractivity contribution in [2.24, 2.45) is 5.73 Å². The van der Waals surface area contributed by atoms with Crippen molar-refractivity contribution in [3.05, 3.63) is 18.7 Å². The number of hydrogen-bond acceptors (Lipinski definition) is 1. The first-order valence-electron chi connectivity index (χ1n) is 7.48. The zero-order chi connectivity index (χ0) is 13.9. The maximum Gasteiger partial charge on any atom is 0.257 e. The second-order valence-corrected chi connectivity index (χ2v) is 5.16. The molecule has 0 saturated heterocycles. The Morgan fingerprint density at radius 1 is 1.16 bits per heavy atom. The average Bonchev–Trinajstić information content (AvgIpc) is 2.79. The van der Waals surface area contributed by atoms with Gasteiger partial charge in [0.2, 0.25) is 6.33 Å². The Labute approximate surface area is 116 Å². The minimum atomic E-state index is -0.328. The van der Waals surface area contributed by atoms with Gasteiger partial charge in [0.1, 0.15) is 6.54 Å². The van der Waals surface area contributed by atoms with E-state index in [9.17, 15) is 4.79 Å². The number of carbonyl (C=O) groups is 1. The van der Waals surface area contributed by atoms with E-state index in [2.05, 4.69) is 13.3 Å². The van der Waals surface area contributed by atoms with E-state index in [-0.39, 0.29) is 12.5 Å². The Bertz CT molecular complexity index is 360. The van der Waals surface area contributed by atoms with Crippen molar-refractivity contribution < 1.29 is 9.36 Å². The molecule has 1 heterocycles. The maximum atomic E-state index is 10.8. The van der Waals surface area contributed by atoms with E-state index in [0.29, 0.717) is 0 Å². The SMILES string of the molecule is CCCCCCCCCC[n+]1[c-]n(CC(N)=O)cc1. The van der Waals surface area contributed by atoms with Crippen LogP contribution < -0.4 is 10.3 Å². The van der Waals surface area contributed by atoms with Crippen LogP contribution in [0.25, 0.3) is 0 Å². The van der Waals surface area contributed by atoms with Crippen LogP contribution in [0.3, 0.4) is 0 Å². The van der Waals surface area contributed by atoms with Gasteiger partial charge in [-0.3, -0.25) is 4.79 Å². The molecular weight excluding hydrogens is 238 g/mol. The number of imidazole rings is 1. The molecule has 1 aromatic heterocycles. The molecule has 19 heavy (non-hydrogen) atoms. The normalized spacial score (nSPS) is 10.8. The molecule has 0 aliphatic carbocycles. The molecular formula is C15H27N3O. The fraction of sp³-hybridized carbons (Fsp3) is 0.733. The fourth-order valence-corrected chi connectivity index (χ4v) is 2.19. The molecule has 1 aromatic rings. The summed E-state index contributed by atoms with van der Waals surface area (Å²) in [5.74, 6) is -0.328. The Morgan fingerprint density at radius 2 is 1.79 bits per heavy atom. The number of nitrogens with zero attached hydrogens (tertiary/aromatic N) is 2. The third-order valence-corrected chi connectivity index (χ3v) is 3.26. The van der Waals surface area contributed by atoms with Gasteiger partial charge in [-0.1, -0.05) is 45.4 Å². The van der Waals surface area contributed by atoms with Gasteiger partial charge in [0.05, 0.1) is 6.54 Å². The summed E-state index contributed by atoms with van der Waals surface area (Å²) >= 11 is 0. The molecule has 0 saturated carbocycles. The number of nitrogens with two attached hydrogens (primary N) is 1. The zero-order valence-electron chi connectivity index (χ0n) is 12.1. The van der Waals surface area contributed by atoms with Crippen LogP contribution in [0.5, 0.6) is 0 Å². The molecule has 0 unspecified atom stereocenters. The van der Waals surface area contributed by atoms with E-state index in [1.165, 1.54) is 51.4 Å². The van der Waals surface area contributed by atoms with Crippen molar-refractivity contribution >= 4 is 5.91 Å². The standard InChI is InChI=1S/C15H27N3O/c1-2-3-4-5-6-7-8-9-10-17-11-12-18(14-17)13-15(16)19/h11-12H,2-10,13H2,1H3,(H2,16,19). The molecule has 0 radical (unpaired) electrons. The van der Waals surface area contributed by atoms with Crippen LogP contribution >= 0.6 is 0 Å². The number of carbonyl (C=O) groups excluding carboxylic acids is 1. The number of aromatic nitrogens is 2. The van der Waals surface area contributed by atoms with E-state index >= 15 is 0 Å². The van der Waals surface area contributed by atoms with E-state index in [1.807, 2.05) is 17.0 Å². The van der Waals surface area contributed by atoms with Crippen LogP contribution in [0.2, 0.25) is 0 Å². The summed E-state index contributed by atoms with van der Waals surface area (Å²) in [5, 5.41) is 0. The number of unbranched alkanes of at least 4 members (excludes halogenated alkanes) is 7. The Morgan fingerprint density at radius 3 is 2.42 bits per heavy atom. The highest BCUT2D eigenvalue weighted by Crippen LogP contribution is 2.08. The first-order valence-corrected chi connectivity index (χ1v) is 7.48. The third kappa shape index (κ3) is 7.65. The topological polar surface area (TPSA) is 51.9 Å². The highest BCUT2D eigenvalue weighted by molar-refractivity contribution is 5.73. The summed E-state index contributed by atoms with van der Waals surface area (Å²) in [7, 11) is 0. The highest BCUT2D eigenvalue weighted by atomic mass is 16.1. The number of aryl methyl sites for hydroxylation is 1. The molecule has 0 aromatic carbocycles. The Hall–Kier alpha value is -1.32. The molecule has 0 aliphatic heterocycles. The zero-order valence-corrected chi connectivity index (χ0v) is 12.1. The summed E-state index contributed by atoms with van der Waals surface area (Å²) in [6.45, 7) is 3.43. The monoisotopic (exact) mass is 265 g/mol. The van der Waals surface area contributed by atoms with Gasteiger partial charge in [0, 0.05) is 0 Å². The van der Waals surface area contributed by atoms with Crippen molar-refractivity contribution in [1.29, 1.82) is 0 Å². The summed E-state index contributed by atoms with van der Waals surface area (Å²) in [6.07, 6.45) is 17.5. The van der Waals surface area contributed by atoms with Gasteiger partial charge >= 0.3 is 0 Å². The largest absolute Gasteiger partial charge is 0.366 e. The minimum absolute atomic E-state index is 0.213. The van der Waals surface area contributed by atoms with Crippen molar-refractivity contribution in [1.82, 2.24) is 4.57 Å². The molecule has 0 fully saturated rings. The van der Waals surface area contributed by atoms with Crippen molar-refractivity contribution in [3.63, 3.8) is 0 Å². The molecule has 108 valence electrons. The van der Waals surface area contributed by atoms with E-state index < -0.39 is 0 Å². The van der Waals surface area contributed by atoms with Gasteiger partial charge < -0.3 is 14.9 Å². The van der Waals surface area contributed by atoms with Crippen LogP contribution in [0, 0.1) is 6.33 Å². The molecule has 1 amide bonds. The summed E-state index contributed by atoms with van der Waals surface area (Å²) in [4.78, 5) is 10.8. The summed E-state index contributed by atoms with van der Waals surface area (Å²) < 4.78 is 3.70. The van der Waals surface area contributed by atoms with Gasteiger partial charge in [-0.2, -0.15) is 0 Å². The second-order valence-electron chi connectivity index (χ2n) is 5.16. The summed E-state index contributed by atoms with van der Waals surface area (Å²) in [5.41, 5.74) is 5.13. The second kappa shape index (κ2) is 9.59. The van der Waals surface area contributed by atoms with Gasteiger partial charge in [-0.05, 0) is 25.2 Å². The number of primary amides is 1. The van der Waals surface area contributed by atoms with Crippen molar-refractivity contribution in [3.8, 4) is 0 Å². The van der Waals surface area contributed by atoms with Crippen LogP contribution in [0.15, 0.2) is 12.4 Å². The van der Waals surface area contributed by atoms with Gasteiger partial charge in [-0.25, -0.2) is 0 Å². The Kier molecular flexibility index (Phi) is 7.94. The maximum absolute atomic E-state index is 10.8. The smallest absolute Gasteiger partial charge is 0.257 e. The molecule has 0 spiro atoms. The predicted octanol–water partition coefficient (Wildman–Crippen LogP) is 2.20. The Balaban J connectivity index is 2.03. The quantitative estimate of drug-likeness (QED) is 0.372. The first-order chi connectivity index (χ1) is 9.22. The lowest BCUT2D eigenvalue weighted by molar-refractivity contribution is -0.700. The predicted molar refractivity (Wildman–Crippen MR) is 75.3 cm³/mol.